The summed E-state index contributed by atoms with van der Waals surface area (Å²) in [4.78, 5) is 22.1. The smallest absolute Gasteiger partial charge is 0.254 e. The molecule has 27 heavy (non-hydrogen) atoms. The van der Waals surface area contributed by atoms with Crippen LogP contribution in [-0.2, 0) is 0 Å². The van der Waals surface area contributed by atoms with Gasteiger partial charge in [0.25, 0.3) is 5.91 Å². The zero-order valence-corrected chi connectivity index (χ0v) is 16.9. The fourth-order valence-corrected chi connectivity index (χ4v) is 4.14. The molecule has 2 aromatic rings. The van der Waals surface area contributed by atoms with Crippen molar-refractivity contribution in [2.45, 2.75) is 65.1 Å². The van der Waals surface area contributed by atoms with Gasteiger partial charge in [0, 0.05) is 30.4 Å². The average molecular weight is 366 g/mol. The minimum Gasteiger partial charge on any atom is -0.352 e. The van der Waals surface area contributed by atoms with Crippen molar-refractivity contribution in [3.63, 3.8) is 0 Å². The maximum absolute atomic E-state index is 13.0. The number of benzene rings is 1. The molecule has 4 nitrogen and oxygen atoms in total. The van der Waals surface area contributed by atoms with Crippen LogP contribution < -0.4 is 4.90 Å². The molecule has 1 amide bonds. The van der Waals surface area contributed by atoms with Gasteiger partial charge in [0.15, 0.2) is 0 Å². The van der Waals surface area contributed by atoms with Crippen molar-refractivity contribution < 1.29 is 4.79 Å². The number of pyridine rings is 1. The van der Waals surface area contributed by atoms with Crippen LogP contribution in [0.1, 0.15) is 68.9 Å². The van der Waals surface area contributed by atoms with Gasteiger partial charge in [0.2, 0.25) is 0 Å². The molecule has 0 radical (unpaired) electrons. The number of aromatic nitrogens is 1. The predicted molar refractivity (Wildman–Crippen MR) is 111 cm³/mol. The highest BCUT2D eigenvalue weighted by Crippen LogP contribution is 2.32. The first kappa shape index (κ1) is 19.4. The zero-order valence-electron chi connectivity index (χ0n) is 16.9. The molecule has 1 atom stereocenters. The Balaban J connectivity index is 1.84. The Morgan fingerprint density at radius 3 is 2.33 bits per heavy atom. The lowest BCUT2D eigenvalue weighted by molar-refractivity contribution is 0.0611. The second-order valence-electron chi connectivity index (χ2n) is 7.92. The van der Waals surface area contributed by atoms with Crippen molar-refractivity contribution in [3.8, 4) is 0 Å². The summed E-state index contributed by atoms with van der Waals surface area (Å²) >= 11 is 0. The number of carbonyl (C=O) groups excluding carboxylic acids is 1. The van der Waals surface area contributed by atoms with Gasteiger partial charge in [-0.2, -0.15) is 0 Å². The number of amides is 1. The van der Waals surface area contributed by atoms with Gasteiger partial charge in [-0.3, -0.25) is 4.79 Å². The highest BCUT2D eigenvalue weighted by atomic mass is 16.2. The van der Waals surface area contributed by atoms with Gasteiger partial charge in [0.05, 0.1) is 6.04 Å². The van der Waals surface area contributed by atoms with E-state index in [0.29, 0.717) is 12.1 Å². The minimum atomic E-state index is 0.111. The molecular formula is C23H31N3O. The number of hydrogen-bond donors (Lipinski definition) is 0. The lowest BCUT2D eigenvalue weighted by Gasteiger charge is -2.36. The van der Waals surface area contributed by atoms with Crippen LogP contribution in [0.15, 0.2) is 48.7 Å². The molecule has 3 rings (SSSR count). The summed E-state index contributed by atoms with van der Waals surface area (Å²) in [5.41, 5.74) is 1.90. The van der Waals surface area contributed by atoms with E-state index in [2.05, 4.69) is 44.7 Å². The summed E-state index contributed by atoms with van der Waals surface area (Å²) in [6.45, 7) is 9.58. The van der Waals surface area contributed by atoms with Crippen molar-refractivity contribution in [2.75, 3.05) is 11.4 Å². The van der Waals surface area contributed by atoms with Crippen LogP contribution in [0, 0.1) is 0 Å². The summed E-state index contributed by atoms with van der Waals surface area (Å²) < 4.78 is 0. The Hall–Kier alpha value is -2.36. The summed E-state index contributed by atoms with van der Waals surface area (Å²) in [5.74, 6) is 1.12. The molecule has 1 aliphatic heterocycles. The van der Waals surface area contributed by atoms with Crippen LogP contribution in [0.3, 0.4) is 0 Å². The molecule has 0 unspecified atom stereocenters. The maximum atomic E-state index is 13.0. The third kappa shape index (κ3) is 4.32. The number of piperidine rings is 1. The first-order chi connectivity index (χ1) is 13.0. The lowest BCUT2D eigenvalue weighted by Crippen LogP contribution is -2.39. The molecule has 0 spiro atoms. The Labute approximate surface area is 163 Å². The number of nitrogens with zero attached hydrogens (tertiary/aromatic N) is 3. The summed E-state index contributed by atoms with van der Waals surface area (Å²) in [5, 5.41) is 0. The first-order valence-electron chi connectivity index (χ1n) is 10.1. The Bertz CT molecular complexity index is 732. The number of carbonyl (C=O) groups is 1. The van der Waals surface area contributed by atoms with Gasteiger partial charge in [0.1, 0.15) is 5.82 Å². The van der Waals surface area contributed by atoms with E-state index in [0.717, 1.165) is 42.8 Å². The van der Waals surface area contributed by atoms with Gasteiger partial charge >= 0.3 is 0 Å². The molecule has 1 aromatic heterocycles. The molecule has 0 saturated carbocycles. The third-order valence-corrected chi connectivity index (χ3v) is 5.32. The van der Waals surface area contributed by atoms with E-state index in [1.165, 1.54) is 0 Å². The van der Waals surface area contributed by atoms with Crippen molar-refractivity contribution in [2.24, 2.45) is 0 Å². The molecule has 1 saturated heterocycles. The topological polar surface area (TPSA) is 36.4 Å². The van der Waals surface area contributed by atoms with Crippen LogP contribution in [0.25, 0.3) is 0 Å². The molecule has 0 bridgehead atoms. The van der Waals surface area contributed by atoms with Crippen molar-refractivity contribution in [1.29, 1.82) is 0 Å². The lowest BCUT2D eigenvalue weighted by atomic mass is 9.95. The quantitative estimate of drug-likeness (QED) is 0.742. The maximum Gasteiger partial charge on any atom is 0.254 e. The molecule has 2 heterocycles. The standard InChI is InChI=1S/C23H31N3O/c1-17(2)26(18(3)4)22-14-13-20(16-24-22)21-12-8-9-15-25(21)23(27)19-10-6-5-7-11-19/h5-7,10-11,13-14,16-18,21H,8-9,12,15H2,1-4H3/t21-/m1/s1. The van der Waals surface area contributed by atoms with E-state index in [-0.39, 0.29) is 11.9 Å². The molecule has 1 fully saturated rings. The van der Waals surface area contributed by atoms with Crippen molar-refractivity contribution in [1.82, 2.24) is 9.88 Å². The number of likely N-dealkylation sites (tertiary alicyclic amines) is 1. The van der Waals surface area contributed by atoms with E-state index in [1.807, 2.05) is 41.4 Å². The van der Waals surface area contributed by atoms with E-state index >= 15 is 0 Å². The van der Waals surface area contributed by atoms with Crippen LogP contribution in [0.5, 0.6) is 0 Å². The molecule has 0 N–H and O–H groups in total. The van der Waals surface area contributed by atoms with E-state index < -0.39 is 0 Å². The van der Waals surface area contributed by atoms with Crippen LogP contribution in [-0.4, -0.2) is 34.4 Å². The van der Waals surface area contributed by atoms with Crippen molar-refractivity contribution >= 4 is 11.7 Å². The highest BCUT2D eigenvalue weighted by Gasteiger charge is 2.29. The normalized spacial score (nSPS) is 17.4. The van der Waals surface area contributed by atoms with Crippen molar-refractivity contribution in [3.05, 3.63) is 59.8 Å². The highest BCUT2D eigenvalue weighted by molar-refractivity contribution is 5.94. The summed E-state index contributed by atoms with van der Waals surface area (Å²) in [6.07, 6.45) is 5.18. The molecular weight excluding hydrogens is 334 g/mol. The number of anilines is 1. The average Bonchev–Trinajstić information content (AvgIpc) is 2.68. The van der Waals surface area contributed by atoms with Crippen LogP contribution >= 0.6 is 0 Å². The summed E-state index contributed by atoms with van der Waals surface area (Å²) in [7, 11) is 0. The van der Waals surface area contributed by atoms with E-state index in [4.69, 9.17) is 4.98 Å². The monoisotopic (exact) mass is 365 g/mol. The van der Waals surface area contributed by atoms with E-state index in [9.17, 15) is 4.79 Å². The van der Waals surface area contributed by atoms with Gasteiger partial charge in [-0.25, -0.2) is 4.98 Å². The van der Waals surface area contributed by atoms with Gasteiger partial charge in [-0.15, -0.1) is 0 Å². The first-order valence-corrected chi connectivity index (χ1v) is 10.1. The fraction of sp³-hybridized carbons (Fsp3) is 0.478. The Kier molecular flexibility index (Phi) is 6.15. The molecule has 1 aliphatic rings. The van der Waals surface area contributed by atoms with Crippen LogP contribution in [0.2, 0.25) is 0 Å². The van der Waals surface area contributed by atoms with Crippen LogP contribution in [0.4, 0.5) is 5.82 Å². The second-order valence-corrected chi connectivity index (χ2v) is 7.92. The number of rotatable bonds is 5. The van der Waals surface area contributed by atoms with Gasteiger partial charge in [-0.1, -0.05) is 24.3 Å². The molecule has 1 aromatic carbocycles. The summed E-state index contributed by atoms with van der Waals surface area (Å²) in [6, 6.07) is 14.8. The second kappa shape index (κ2) is 8.55. The van der Waals surface area contributed by atoms with E-state index in [1.54, 1.807) is 0 Å². The molecule has 4 heteroatoms. The Morgan fingerprint density at radius 1 is 1.04 bits per heavy atom. The van der Waals surface area contributed by atoms with Gasteiger partial charge < -0.3 is 9.80 Å². The fourth-order valence-electron chi connectivity index (χ4n) is 4.14. The predicted octanol–water partition coefficient (Wildman–Crippen LogP) is 5.07. The third-order valence-electron chi connectivity index (χ3n) is 5.32. The molecule has 144 valence electrons. The zero-order chi connectivity index (χ0) is 19.4. The number of hydrogen-bond acceptors (Lipinski definition) is 3. The molecule has 0 aliphatic carbocycles. The van der Waals surface area contributed by atoms with Gasteiger partial charge in [-0.05, 0) is 70.7 Å². The minimum absolute atomic E-state index is 0.111. The SMILES string of the molecule is CC(C)N(c1ccc([C@H]2CCCCN2C(=O)c2ccccc2)cn1)C(C)C. The largest absolute Gasteiger partial charge is 0.352 e. The Morgan fingerprint density at radius 2 is 1.74 bits per heavy atom.